The third kappa shape index (κ3) is 2.81. The number of hydrogen-bond acceptors (Lipinski definition) is 3. The minimum absolute atomic E-state index is 0.228. The maximum absolute atomic E-state index is 11.5. The summed E-state index contributed by atoms with van der Waals surface area (Å²) in [6, 6.07) is 3.76. The van der Waals surface area contributed by atoms with Gasteiger partial charge in [0.25, 0.3) is 0 Å². The lowest BCUT2D eigenvalue weighted by atomic mass is 10.2. The molecule has 5 nitrogen and oxygen atoms in total. The van der Waals surface area contributed by atoms with Crippen LogP contribution < -0.4 is 4.90 Å². The summed E-state index contributed by atoms with van der Waals surface area (Å²) in [6.45, 7) is 10.7. The zero-order valence-electron chi connectivity index (χ0n) is 12.1. The molecule has 2 aromatic rings. The second-order valence-electron chi connectivity index (χ2n) is 4.66. The van der Waals surface area contributed by atoms with Crippen LogP contribution in [0.4, 0.5) is 5.69 Å². The highest BCUT2D eigenvalue weighted by Crippen LogP contribution is 2.20. The number of fused-ring (bicyclic) bond motifs is 1. The van der Waals surface area contributed by atoms with Crippen LogP contribution in [0.5, 0.6) is 0 Å². The fraction of sp³-hybridized carbons (Fsp3) is 0.250. The van der Waals surface area contributed by atoms with Gasteiger partial charge in [-0.2, -0.15) is 0 Å². The average Bonchev–Trinajstić information content (AvgIpc) is 2.84. The number of aryl methyl sites for hydroxylation is 1. The first-order valence-electron chi connectivity index (χ1n) is 6.83. The average molecular weight is 285 g/mol. The van der Waals surface area contributed by atoms with Gasteiger partial charge in [-0.25, -0.2) is 9.78 Å². The summed E-state index contributed by atoms with van der Waals surface area (Å²) >= 11 is 0. The lowest BCUT2D eigenvalue weighted by Gasteiger charge is -2.21. The van der Waals surface area contributed by atoms with E-state index in [1.54, 1.807) is 22.7 Å². The normalized spacial score (nSPS) is 10.5. The van der Waals surface area contributed by atoms with Gasteiger partial charge >= 0.3 is 5.97 Å². The van der Waals surface area contributed by atoms with E-state index < -0.39 is 5.97 Å². The highest BCUT2D eigenvalue weighted by molar-refractivity contribution is 5.88. The first-order valence-corrected chi connectivity index (χ1v) is 6.83. The van der Waals surface area contributed by atoms with Crippen LogP contribution in [-0.4, -0.2) is 33.6 Å². The fourth-order valence-corrected chi connectivity index (χ4v) is 2.34. The molecule has 110 valence electrons. The molecule has 0 aliphatic heterocycles. The molecule has 0 amide bonds. The molecular weight excluding hydrogens is 266 g/mol. The number of carboxylic acid groups (broad SMARTS) is 1. The van der Waals surface area contributed by atoms with E-state index in [-0.39, 0.29) is 5.69 Å². The van der Waals surface area contributed by atoms with E-state index in [0.717, 1.165) is 5.69 Å². The first kappa shape index (κ1) is 14.8. The molecule has 5 heteroatoms. The van der Waals surface area contributed by atoms with E-state index in [0.29, 0.717) is 30.9 Å². The van der Waals surface area contributed by atoms with Crippen molar-refractivity contribution in [1.82, 2.24) is 9.38 Å². The Morgan fingerprint density at radius 2 is 2.05 bits per heavy atom. The van der Waals surface area contributed by atoms with Crippen LogP contribution in [0.3, 0.4) is 0 Å². The summed E-state index contributed by atoms with van der Waals surface area (Å²) in [5.74, 6) is -0.963. The van der Waals surface area contributed by atoms with Gasteiger partial charge in [-0.05, 0) is 18.6 Å². The van der Waals surface area contributed by atoms with Crippen LogP contribution in [0.2, 0.25) is 0 Å². The Labute approximate surface area is 123 Å². The smallest absolute Gasteiger partial charge is 0.354 e. The third-order valence-electron chi connectivity index (χ3n) is 3.28. The number of rotatable bonds is 7. The molecule has 0 aromatic carbocycles. The third-order valence-corrected chi connectivity index (χ3v) is 3.28. The van der Waals surface area contributed by atoms with Gasteiger partial charge in [0, 0.05) is 19.3 Å². The molecule has 0 aliphatic rings. The Balaban J connectivity index is 2.58. The van der Waals surface area contributed by atoms with Crippen molar-refractivity contribution in [2.24, 2.45) is 0 Å². The minimum Gasteiger partial charge on any atom is -0.477 e. The number of imidazole rings is 1. The molecule has 2 aromatic heterocycles. The van der Waals surface area contributed by atoms with E-state index >= 15 is 0 Å². The lowest BCUT2D eigenvalue weighted by Crippen LogP contribution is -2.23. The van der Waals surface area contributed by atoms with Gasteiger partial charge in [0.15, 0.2) is 5.69 Å². The highest BCUT2D eigenvalue weighted by Gasteiger charge is 2.18. The SMILES string of the molecule is C=CCN(CC=C)c1ccc2nc(CC)c(C(=O)O)n2c1. The predicted octanol–water partition coefficient (Wildman–Crippen LogP) is 2.77. The number of aromatic nitrogens is 2. The van der Waals surface area contributed by atoms with Gasteiger partial charge in [0.2, 0.25) is 0 Å². The highest BCUT2D eigenvalue weighted by atomic mass is 16.4. The van der Waals surface area contributed by atoms with Crippen LogP contribution in [0.1, 0.15) is 23.1 Å². The molecule has 0 atom stereocenters. The zero-order chi connectivity index (χ0) is 15.4. The molecule has 0 unspecified atom stereocenters. The van der Waals surface area contributed by atoms with E-state index in [4.69, 9.17) is 0 Å². The van der Waals surface area contributed by atoms with E-state index in [1.807, 2.05) is 19.1 Å². The Kier molecular flexibility index (Phi) is 4.42. The van der Waals surface area contributed by atoms with Crippen molar-refractivity contribution in [3.63, 3.8) is 0 Å². The quantitative estimate of drug-likeness (QED) is 0.795. The molecule has 0 spiro atoms. The second kappa shape index (κ2) is 6.26. The Morgan fingerprint density at radius 3 is 2.57 bits per heavy atom. The Hall–Kier alpha value is -2.56. The minimum atomic E-state index is -0.963. The van der Waals surface area contributed by atoms with Crippen LogP contribution in [-0.2, 0) is 6.42 Å². The molecule has 0 bridgehead atoms. The summed E-state index contributed by atoms with van der Waals surface area (Å²) in [4.78, 5) is 17.9. The maximum atomic E-state index is 11.5. The van der Waals surface area contributed by atoms with Crippen molar-refractivity contribution in [3.8, 4) is 0 Å². The Bertz CT molecular complexity index is 678. The molecule has 0 fully saturated rings. The topological polar surface area (TPSA) is 57.8 Å². The van der Waals surface area contributed by atoms with E-state index in [1.165, 1.54) is 0 Å². The summed E-state index contributed by atoms with van der Waals surface area (Å²) in [6.07, 6.45) is 5.99. The summed E-state index contributed by atoms with van der Waals surface area (Å²) < 4.78 is 1.63. The molecule has 1 N–H and O–H groups in total. The number of pyridine rings is 1. The van der Waals surface area contributed by atoms with Crippen LogP contribution in [0, 0.1) is 0 Å². The van der Waals surface area contributed by atoms with Gasteiger partial charge in [0.05, 0.1) is 11.4 Å². The van der Waals surface area contributed by atoms with Crippen molar-refractivity contribution in [1.29, 1.82) is 0 Å². The number of anilines is 1. The first-order chi connectivity index (χ1) is 10.1. The maximum Gasteiger partial charge on any atom is 0.354 e. The van der Waals surface area contributed by atoms with Crippen LogP contribution in [0.25, 0.3) is 5.65 Å². The molecule has 2 heterocycles. The van der Waals surface area contributed by atoms with Crippen molar-refractivity contribution in [3.05, 3.63) is 55.0 Å². The molecule has 0 saturated carbocycles. The monoisotopic (exact) mass is 285 g/mol. The summed E-state index contributed by atoms with van der Waals surface area (Å²) in [5.41, 5.74) is 2.38. The molecule has 21 heavy (non-hydrogen) atoms. The van der Waals surface area contributed by atoms with Gasteiger partial charge in [-0.15, -0.1) is 13.2 Å². The van der Waals surface area contributed by atoms with Crippen LogP contribution in [0.15, 0.2) is 43.6 Å². The second-order valence-corrected chi connectivity index (χ2v) is 4.66. The molecule has 2 rings (SSSR count). The van der Waals surface area contributed by atoms with Gasteiger partial charge in [-0.1, -0.05) is 19.1 Å². The summed E-state index contributed by atoms with van der Waals surface area (Å²) in [7, 11) is 0. The van der Waals surface area contributed by atoms with Gasteiger partial charge in [0.1, 0.15) is 5.65 Å². The lowest BCUT2D eigenvalue weighted by molar-refractivity contribution is 0.0688. The Morgan fingerprint density at radius 1 is 1.38 bits per heavy atom. The number of carbonyl (C=O) groups is 1. The largest absolute Gasteiger partial charge is 0.477 e. The molecule has 0 aliphatic carbocycles. The number of aromatic carboxylic acids is 1. The molecular formula is C16H19N3O2. The molecule has 0 saturated heterocycles. The van der Waals surface area contributed by atoms with Crippen molar-refractivity contribution < 1.29 is 9.90 Å². The standard InChI is InChI=1S/C16H19N3O2/c1-4-9-18(10-5-2)12-7-8-14-17-13(6-3)15(16(20)21)19(14)11-12/h4-5,7-8,11H,1-2,6,9-10H2,3H3,(H,20,21). The number of hydrogen-bond donors (Lipinski definition) is 1. The number of nitrogens with zero attached hydrogens (tertiary/aromatic N) is 3. The van der Waals surface area contributed by atoms with Crippen molar-refractivity contribution >= 4 is 17.3 Å². The fourth-order valence-electron chi connectivity index (χ4n) is 2.34. The zero-order valence-corrected chi connectivity index (χ0v) is 12.1. The van der Waals surface area contributed by atoms with Crippen LogP contribution >= 0.6 is 0 Å². The summed E-state index contributed by atoms with van der Waals surface area (Å²) in [5, 5.41) is 9.41. The molecule has 0 radical (unpaired) electrons. The van der Waals surface area contributed by atoms with Gasteiger partial charge < -0.3 is 10.0 Å². The van der Waals surface area contributed by atoms with Crippen molar-refractivity contribution in [2.75, 3.05) is 18.0 Å². The van der Waals surface area contributed by atoms with E-state index in [2.05, 4.69) is 23.0 Å². The predicted molar refractivity (Wildman–Crippen MR) is 84.1 cm³/mol. The number of carboxylic acids is 1. The van der Waals surface area contributed by atoms with Gasteiger partial charge in [-0.3, -0.25) is 4.40 Å². The van der Waals surface area contributed by atoms with Crippen molar-refractivity contribution in [2.45, 2.75) is 13.3 Å². The van der Waals surface area contributed by atoms with E-state index in [9.17, 15) is 9.90 Å².